The van der Waals surface area contributed by atoms with Crippen LogP contribution >= 0.6 is 0 Å². The number of hydrogen-bond donors (Lipinski definition) is 1. The second-order valence-corrected chi connectivity index (χ2v) is 6.66. The molecule has 2 aromatic rings. The molecule has 0 radical (unpaired) electrons. The van der Waals surface area contributed by atoms with Crippen molar-refractivity contribution in [3.63, 3.8) is 0 Å². The number of benzene rings is 2. The second kappa shape index (κ2) is 8.17. The Morgan fingerprint density at radius 2 is 1.80 bits per heavy atom. The van der Waals surface area contributed by atoms with E-state index in [4.69, 9.17) is 0 Å². The zero-order valence-corrected chi connectivity index (χ0v) is 15.2. The number of aryl methyl sites for hydroxylation is 2. The molecule has 1 aliphatic rings. The second-order valence-electron chi connectivity index (χ2n) is 6.66. The quantitative estimate of drug-likeness (QED) is 0.909. The summed E-state index contributed by atoms with van der Waals surface area (Å²) in [6, 6.07) is 16.6. The van der Waals surface area contributed by atoms with Crippen molar-refractivity contribution < 1.29 is 4.79 Å². The van der Waals surface area contributed by atoms with Gasteiger partial charge in [0.25, 0.3) is 0 Å². The molecule has 132 valence electrons. The van der Waals surface area contributed by atoms with Crippen molar-refractivity contribution in [2.75, 3.05) is 42.9 Å². The van der Waals surface area contributed by atoms with Crippen LogP contribution in [0, 0.1) is 6.92 Å². The van der Waals surface area contributed by atoms with Crippen LogP contribution in [0.4, 0.5) is 11.4 Å². The number of para-hydroxylation sites is 1. The number of carbonyl (C=O) groups is 1. The van der Waals surface area contributed by atoms with E-state index in [1.807, 2.05) is 18.2 Å². The molecule has 0 atom stereocenters. The van der Waals surface area contributed by atoms with Gasteiger partial charge in [-0.2, -0.15) is 0 Å². The minimum Gasteiger partial charge on any atom is -0.369 e. The van der Waals surface area contributed by atoms with E-state index >= 15 is 0 Å². The first-order valence-corrected chi connectivity index (χ1v) is 9.07. The van der Waals surface area contributed by atoms with Gasteiger partial charge in [0.1, 0.15) is 0 Å². The van der Waals surface area contributed by atoms with Crippen LogP contribution in [0.5, 0.6) is 0 Å². The fourth-order valence-corrected chi connectivity index (χ4v) is 3.33. The zero-order chi connectivity index (χ0) is 17.6. The molecule has 3 rings (SSSR count). The van der Waals surface area contributed by atoms with Crippen molar-refractivity contribution in [1.29, 1.82) is 0 Å². The molecular weight excluding hydrogens is 310 g/mol. The smallest absolute Gasteiger partial charge is 0.238 e. The van der Waals surface area contributed by atoms with Gasteiger partial charge in [0.05, 0.1) is 6.54 Å². The van der Waals surface area contributed by atoms with Crippen molar-refractivity contribution in [2.24, 2.45) is 0 Å². The van der Waals surface area contributed by atoms with Gasteiger partial charge in [-0.25, -0.2) is 0 Å². The van der Waals surface area contributed by atoms with Crippen LogP contribution in [-0.2, 0) is 11.2 Å². The van der Waals surface area contributed by atoms with Crippen LogP contribution in [-0.4, -0.2) is 43.5 Å². The predicted molar refractivity (Wildman–Crippen MR) is 104 cm³/mol. The van der Waals surface area contributed by atoms with Crippen molar-refractivity contribution in [2.45, 2.75) is 20.3 Å². The molecule has 4 nitrogen and oxygen atoms in total. The molecule has 0 bridgehead atoms. The SMILES string of the molecule is CCc1ccccc1NC(=O)CN1CCN(c2cccc(C)c2)CC1. The Morgan fingerprint density at radius 3 is 2.52 bits per heavy atom. The van der Waals surface area contributed by atoms with Crippen LogP contribution in [0.25, 0.3) is 0 Å². The molecule has 1 amide bonds. The van der Waals surface area contributed by atoms with E-state index in [0.29, 0.717) is 6.54 Å². The number of nitrogens with one attached hydrogen (secondary N) is 1. The summed E-state index contributed by atoms with van der Waals surface area (Å²) in [5.41, 5.74) is 4.68. The van der Waals surface area contributed by atoms with E-state index < -0.39 is 0 Å². The number of nitrogens with zero attached hydrogens (tertiary/aromatic N) is 2. The average molecular weight is 337 g/mol. The van der Waals surface area contributed by atoms with Crippen molar-refractivity contribution in [1.82, 2.24) is 4.90 Å². The first-order chi connectivity index (χ1) is 12.2. The summed E-state index contributed by atoms with van der Waals surface area (Å²) in [5.74, 6) is 0.0740. The summed E-state index contributed by atoms with van der Waals surface area (Å²) in [5, 5.41) is 3.06. The Bertz CT molecular complexity index is 721. The third-order valence-electron chi connectivity index (χ3n) is 4.78. The highest BCUT2D eigenvalue weighted by molar-refractivity contribution is 5.93. The largest absolute Gasteiger partial charge is 0.369 e. The lowest BCUT2D eigenvalue weighted by Gasteiger charge is -2.35. The van der Waals surface area contributed by atoms with Crippen LogP contribution in [0.1, 0.15) is 18.1 Å². The fraction of sp³-hybridized carbons (Fsp3) is 0.381. The van der Waals surface area contributed by atoms with Gasteiger partial charge < -0.3 is 10.2 Å². The average Bonchev–Trinajstić information content (AvgIpc) is 2.63. The molecule has 1 saturated heterocycles. The molecule has 1 aliphatic heterocycles. The maximum atomic E-state index is 12.4. The third kappa shape index (κ3) is 4.60. The molecule has 4 heteroatoms. The lowest BCUT2D eigenvalue weighted by molar-refractivity contribution is -0.117. The van der Waals surface area contributed by atoms with Gasteiger partial charge in [-0.3, -0.25) is 9.69 Å². The van der Waals surface area contributed by atoms with Crippen LogP contribution in [0.15, 0.2) is 48.5 Å². The Labute approximate surface area is 150 Å². The highest BCUT2D eigenvalue weighted by Crippen LogP contribution is 2.18. The Hall–Kier alpha value is -2.33. The van der Waals surface area contributed by atoms with E-state index in [1.165, 1.54) is 16.8 Å². The minimum absolute atomic E-state index is 0.0740. The molecule has 25 heavy (non-hydrogen) atoms. The molecule has 1 N–H and O–H groups in total. The van der Waals surface area contributed by atoms with Crippen LogP contribution in [0.2, 0.25) is 0 Å². The van der Waals surface area contributed by atoms with E-state index in [1.54, 1.807) is 0 Å². The standard InChI is InChI=1S/C21H27N3O/c1-3-18-8-4-5-10-20(18)22-21(25)16-23-11-13-24(14-12-23)19-9-6-7-17(2)15-19/h4-10,15H,3,11-14,16H2,1-2H3,(H,22,25). The minimum atomic E-state index is 0.0740. The van der Waals surface area contributed by atoms with E-state index in [2.05, 4.69) is 59.3 Å². The molecule has 0 unspecified atom stereocenters. The lowest BCUT2D eigenvalue weighted by Crippen LogP contribution is -2.48. The fourth-order valence-electron chi connectivity index (χ4n) is 3.33. The molecule has 1 heterocycles. The summed E-state index contributed by atoms with van der Waals surface area (Å²) in [6.45, 7) is 8.44. The van der Waals surface area contributed by atoms with Gasteiger partial charge in [-0.15, -0.1) is 0 Å². The number of hydrogen-bond acceptors (Lipinski definition) is 3. The van der Waals surface area contributed by atoms with Crippen molar-refractivity contribution >= 4 is 17.3 Å². The summed E-state index contributed by atoms with van der Waals surface area (Å²) in [6.07, 6.45) is 0.922. The zero-order valence-electron chi connectivity index (χ0n) is 15.2. The van der Waals surface area contributed by atoms with Crippen molar-refractivity contribution in [3.8, 4) is 0 Å². The van der Waals surface area contributed by atoms with Gasteiger partial charge in [0, 0.05) is 37.6 Å². The molecule has 0 saturated carbocycles. The van der Waals surface area contributed by atoms with Crippen LogP contribution < -0.4 is 10.2 Å². The lowest BCUT2D eigenvalue weighted by atomic mass is 10.1. The first kappa shape index (κ1) is 17.5. The van der Waals surface area contributed by atoms with Gasteiger partial charge in [-0.1, -0.05) is 37.3 Å². The monoisotopic (exact) mass is 337 g/mol. The highest BCUT2D eigenvalue weighted by atomic mass is 16.2. The molecule has 2 aromatic carbocycles. The molecular formula is C21H27N3O. The van der Waals surface area contributed by atoms with Gasteiger partial charge in [-0.05, 0) is 42.7 Å². The highest BCUT2D eigenvalue weighted by Gasteiger charge is 2.19. The third-order valence-corrected chi connectivity index (χ3v) is 4.78. The Kier molecular flexibility index (Phi) is 5.71. The molecule has 1 fully saturated rings. The maximum Gasteiger partial charge on any atom is 0.238 e. The maximum absolute atomic E-state index is 12.4. The number of piperazine rings is 1. The van der Waals surface area contributed by atoms with Crippen molar-refractivity contribution in [3.05, 3.63) is 59.7 Å². The number of amides is 1. The summed E-state index contributed by atoms with van der Waals surface area (Å²) >= 11 is 0. The normalized spacial score (nSPS) is 15.2. The number of carbonyl (C=O) groups excluding carboxylic acids is 1. The van der Waals surface area contributed by atoms with E-state index in [0.717, 1.165) is 38.3 Å². The van der Waals surface area contributed by atoms with Gasteiger partial charge in [0.2, 0.25) is 5.91 Å². The predicted octanol–water partition coefficient (Wildman–Crippen LogP) is 3.32. The molecule has 0 aliphatic carbocycles. The Morgan fingerprint density at radius 1 is 1.04 bits per heavy atom. The topological polar surface area (TPSA) is 35.6 Å². The summed E-state index contributed by atoms with van der Waals surface area (Å²) in [7, 11) is 0. The number of rotatable bonds is 5. The Balaban J connectivity index is 1.51. The molecule has 0 aromatic heterocycles. The summed E-state index contributed by atoms with van der Waals surface area (Å²) in [4.78, 5) is 17.0. The van der Waals surface area contributed by atoms with Gasteiger partial charge in [0.15, 0.2) is 0 Å². The van der Waals surface area contributed by atoms with Gasteiger partial charge >= 0.3 is 0 Å². The van der Waals surface area contributed by atoms with E-state index in [9.17, 15) is 4.79 Å². The number of anilines is 2. The molecule has 0 spiro atoms. The summed E-state index contributed by atoms with van der Waals surface area (Å²) < 4.78 is 0. The van der Waals surface area contributed by atoms with Crippen LogP contribution in [0.3, 0.4) is 0 Å². The van der Waals surface area contributed by atoms with E-state index in [-0.39, 0.29) is 5.91 Å². The first-order valence-electron chi connectivity index (χ1n) is 9.07.